The molecule has 0 aliphatic carbocycles. The minimum Gasteiger partial charge on any atom is -0.316 e. The lowest BCUT2D eigenvalue weighted by Gasteiger charge is -2.13. The molecule has 1 unspecified atom stereocenters. The molecule has 0 fully saturated rings. The predicted octanol–water partition coefficient (Wildman–Crippen LogP) is 1.97. The van der Waals surface area contributed by atoms with E-state index in [0.717, 1.165) is 25.0 Å². The molecule has 0 amide bonds. The zero-order valence-corrected chi connectivity index (χ0v) is 11.6. The van der Waals surface area contributed by atoms with Crippen LogP contribution in [0.3, 0.4) is 0 Å². The van der Waals surface area contributed by atoms with Crippen molar-refractivity contribution in [2.24, 2.45) is 7.05 Å². The van der Waals surface area contributed by atoms with Crippen molar-refractivity contribution in [1.82, 2.24) is 15.1 Å². The minimum atomic E-state index is 0.474. The number of rotatable bonds is 5. The van der Waals surface area contributed by atoms with E-state index in [1.807, 2.05) is 25.7 Å². The van der Waals surface area contributed by atoms with E-state index in [2.05, 4.69) is 36.1 Å². The van der Waals surface area contributed by atoms with Gasteiger partial charge in [0.15, 0.2) is 0 Å². The summed E-state index contributed by atoms with van der Waals surface area (Å²) in [6.07, 6.45) is 3.10. The van der Waals surface area contributed by atoms with Crippen LogP contribution in [0.25, 0.3) is 0 Å². The Bertz CT molecular complexity index is 421. The Morgan fingerprint density at radius 1 is 1.41 bits per heavy atom. The van der Waals surface area contributed by atoms with E-state index in [9.17, 15) is 0 Å². The Morgan fingerprint density at radius 2 is 2.12 bits per heavy atom. The van der Waals surface area contributed by atoms with E-state index < -0.39 is 0 Å². The fraction of sp³-hybridized carbons (Fsp3) is 0.643. The molecule has 0 aliphatic rings. The van der Waals surface area contributed by atoms with Crippen LogP contribution in [0.5, 0.6) is 0 Å². The Balaban J connectivity index is 2.61. The number of aromatic nitrogens is 2. The van der Waals surface area contributed by atoms with Crippen molar-refractivity contribution >= 4 is 0 Å². The first-order chi connectivity index (χ1) is 8.10. The zero-order chi connectivity index (χ0) is 12.8. The maximum atomic E-state index is 4.44. The van der Waals surface area contributed by atoms with Crippen molar-refractivity contribution in [2.45, 2.75) is 46.1 Å². The maximum absolute atomic E-state index is 4.44. The molecule has 0 saturated carbocycles. The molecule has 17 heavy (non-hydrogen) atoms. The summed E-state index contributed by atoms with van der Waals surface area (Å²) >= 11 is 0. The van der Waals surface area contributed by atoms with Crippen LogP contribution in [0.1, 0.15) is 36.7 Å². The highest BCUT2D eigenvalue weighted by Crippen LogP contribution is 2.15. The first-order valence-corrected chi connectivity index (χ1v) is 6.16. The third-order valence-electron chi connectivity index (χ3n) is 3.34. The zero-order valence-electron chi connectivity index (χ0n) is 11.6. The molecule has 1 rings (SSSR count). The van der Waals surface area contributed by atoms with Gasteiger partial charge >= 0.3 is 0 Å². The largest absolute Gasteiger partial charge is 0.316 e. The van der Waals surface area contributed by atoms with Gasteiger partial charge in [-0.05, 0) is 46.2 Å². The highest BCUT2D eigenvalue weighted by molar-refractivity contribution is 5.24. The molecular weight excluding hydrogens is 210 g/mol. The summed E-state index contributed by atoms with van der Waals surface area (Å²) in [5.41, 5.74) is 3.82. The number of nitrogens with zero attached hydrogens (tertiary/aromatic N) is 2. The van der Waals surface area contributed by atoms with Gasteiger partial charge in [0.25, 0.3) is 0 Å². The Morgan fingerprint density at radius 3 is 2.59 bits per heavy atom. The molecular formula is C14H23N3. The molecule has 0 bridgehead atoms. The van der Waals surface area contributed by atoms with Crippen LogP contribution >= 0.6 is 0 Å². The first-order valence-electron chi connectivity index (χ1n) is 6.16. The molecule has 3 heteroatoms. The first kappa shape index (κ1) is 13.8. The molecule has 1 aromatic heterocycles. The molecule has 0 aliphatic heterocycles. The van der Waals surface area contributed by atoms with E-state index in [4.69, 9.17) is 0 Å². The van der Waals surface area contributed by atoms with Crippen LogP contribution in [0.15, 0.2) is 0 Å². The molecule has 94 valence electrons. The minimum absolute atomic E-state index is 0.474. The van der Waals surface area contributed by atoms with Crippen molar-refractivity contribution in [3.05, 3.63) is 17.0 Å². The Kier molecular flexibility index (Phi) is 5.24. The van der Waals surface area contributed by atoms with Gasteiger partial charge < -0.3 is 5.32 Å². The smallest absolute Gasteiger partial charge is 0.0628 e. The van der Waals surface area contributed by atoms with Gasteiger partial charge in [-0.3, -0.25) is 4.68 Å². The van der Waals surface area contributed by atoms with Crippen molar-refractivity contribution in [3.63, 3.8) is 0 Å². The highest BCUT2D eigenvalue weighted by Gasteiger charge is 2.11. The third kappa shape index (κ3) is 3.61. The highest BCUT2D eigenvalue weighted by atomic mass is 15.3. The summed E-state index contributed by atoms with van der Waals surface area (Å²) < 4.78 is 1.96. The lowest BCUT2D eigenvalue weighted by molar-refractivity contribution is 0.533. The standard InChI is InChI=1S/C14H23N3/c1-6-7-8-13(15-4)9-10-14-11(2)16-17(5)12(14)3/h13,15H,8-10H2,1-5H3. The second kappa shape index (κ2) is 6.46. The van der Waals surface area contributed by atoms with Gasteiger partial charge in [0.1, 0.15) is 0 Å². The van der Waals surface area contributed by atoms with E-state index in [0.29, 0.717) is 6.04 Å². The van der Waals surface area contributed by atoms with E-state index in [1.165, 1.54) is 11.3 Å². The maximum Gasteiger partial charge on any atom is 0.0628 e. The van der Waals surface area contributed by atoms with Gasteiger partial charge in [-0.25, -0.2) is 0 Å². The molecule has 3 nitrogen and oxygen atoms in total. The quantitative estimate of drug-likeness (QED) is 0.788. The summed E-state index contributed by atoms with van der Waals surface area (Å²) in [4.78, 5) is 0. The lowest BCUT2D eigenvalue weighted by Crippen LogP contribution is -2.25. The van der Waals surface area contributed by atoms with Gasteiger partial charge in [0.2, 0.25) is 0 Å². The number of hydrogen-bond donors (Lipinski definition) is 1. The lowest BCUT2D eigenvalue weighted by atomic mass is 10.0. The van der Waals surface area contributed by atoms with Gasteiger partial charge in [0, 0.05) is 25.2 Å². The molecule has 0 spiro atoms. The normalized spacial score (nSPS) is 12.1. The van der Waals surface area contributed by atoms with Gasteiger partial charge in [-0.2, -0.15) is 5.10 Å². The van der Waals surface area contributed by atoms with Gasteiger partial charge in [0.05, 0.1) is 5.69 Å². The van der Waals surface area contributed by atoms with Crippen molar-refractivity contribution < 1.29 is 0 Å². The third-order valence-corrected chi connectivity index (χ3v) is 3.34. The molecule has 0 radical (unpaired) electrons. The fourth-order valence-corrected chi connectivity index (χ4v) is 2.07. The summed E-state index contributed by atoms with van der Waals surface area (Å²) in [6, 6.07) is 0.474. The average Bonchev–Trinajstić information content (AvgIpc) is 2.55. The van der Waals surface area contributed by atoms with E-state index >= 15 is 0 Å². The van der Waals surface area contributed by atoms with Crippen LogP contribution in [-0.2, 0) is 13.5 Å². The van der Waals surface area contributed by atoms with Crippen LogP contribution in [0, 0.1) is 25.7 Å². The topological polar surface area (TPSA) is 29.9 Å². The molecule has 0 saturated heterocycles. The van der Waals surface area contributed by atoms with Crippen molar-refractivity contribution in [3.8, 4) is 11.8 Å². The van der Waals surface area contributed by atoms with Crippen molar-refractivity contribution in [1.29, 1.82) is 0 Å². The monoisotopic (exact) mass is 233 g/mol. The van der Waals surface area contributed by atoms with Crippen LogP contribution < -0.4 is 5.32 Å². The SMILES string of the molecule is CC#CCC(CCc1c(C)nn(C)c1C)NC. The summed E-state index contributed by atoms with van der Waals surface area (Å²) in [5.74, 6) is 6.09. The average molecular weight is 233 g/mol. The number of nitrogens with one attached hydrogen (secondary N) is 1. The van der Waals surface area contributed by atoms with Crippen LogP contribution in [0.4, 0.5) is 0 Å². The fourth-order valence-electron chi connectivity index (χ4n) is 2.07. The number of hydrogen-bond acceptors (Lipinski definition) is 2. The van der Waals surface area contributed by atoms with E-state index in [-0.39, 0.29) is 0 Å². The molecule has 1 aromatic rings. The molecule has 1 heterocycles. The van der Waals surface area contributed by atoms with Gasteiger partial charge in [-0.1, -0.05) is 0 Å². The summed E-state index contributed by atoms with van der Waals surface area (Å²) in [5, 5.41) is 7.77. The molecule has 0 aromatic carbocycles. The molecule has 1 N–H and O–H groups in total. The van der Waals surface area contributed by atoms with E-state index in [1.54, 1.807) is 0 Å². The van der Waals surface area contributed by atoms with Crippen LogP contribution in [0.2, 0.25) is 0 Å². The molecule has 1 atom stereocenters. The second-order valence-electron chi connectivity index (χ2n) is 4.43. The van der Waals surface area contributed by atoms with Gasteiger partial charge in [-0.15, -0.1) is 11.8 Å². The predicted molar refractivity (Wildman–Crippen MR) is 71.9 cm³/mol. The summed E-state index contributed by atoms with van der Waals surface area (Å²) in [6.45, 7) is 6.11. The Hall–Kier alpha value is -1.27. The van der Waals surface area contributed by atoms with Crippen molar-refractivity contribution in [2.75, 3.05) is 7.05 Å². The number of aryl methyl sites for hydroxylation is 2. The second-order valence-corrected chi connectivity index (χ2v) is 4.43. The Labute approximate surface area is 105 Å². The summed E-state index contributed by atoms with van der Waals surface area (Å²) in [7, 11) is 4.01. The van der Waals surface area contributed by atoms with Crippen LogP contribution in [-0.4, -0.2) is 22.9 Å².